The van der Waals surface area contributed by atoms with E-state index in [1.807, 2.05) is 46.8 Å². The second kappa shape index (κ2) is 37.3. The third-order valence-electron chi connectivity index (χ3n) is 1.48. The molecule has 0 spiro atoms. The van der Waals surface area contributed by atoms with Gasteiger partial charge < -0.3 is 24.6 Å². The van der Waals surface area contributed by atoms with E-state index in [9.17, 15) is 4.79 Å². The largest absolute Gasteiger partial charge is 0.542 e. The summed E-state index contributed by atoms with van der Waals surface area (Å²) in [6, 6.07) is 0. The van der Waals surface area contributed by atoms with Gasteiger partial charge in [-0.25, -0.2) is 0 Å². The van der Waals surface area contributed by atoms with Crippen LogP contribution in [-0.2, 0) is 103 Å². The molecule has 0 N–H and O–H groups in total. The minimum atomic E-state index is 0. The Bertz CT molecular complexity index is 118. The monoisotopic (exact) mass is 493 g/mol. The number of rotatable bonds is 5. The molecule has 0 bridgehead atoms. The summed E-state index contributed by atoms with van der Waals surface area (Å²) in [7, 11) is 0. The maximum atomic E-state index is 10.3. The molecule has 4 heteroatoms. The summed E-state index contributed by atoms with van der Waals surface area (Å²) in [6.45, 7) is 15.9. The topological polar surface area (TPSA) is 17.1 Å². The van der Waals surface area contributed by atoms with E-state index >= 15 is 0 Å². The fourth-order valence-electron chi connectivity index (χ4n) is 1.04. The van der Waals surface area contributed by atoms with Crippen molar-refractivity contribution in [2.75, 3.05) is 0 Å². The normalized spacial score (nSPS) is 9.05. The molecule has 0 aromatic carbocycles. The number of hydrogen-bond donors (Lipinski definition) is 0. The van der Waals surface area contributed by atoms with Crippen LogP contribution in [0, 0.1) is 31.6 Å². The van der Waals surface area contributed by atoms with Crippen LogP contribution in [0.4, 0.5) is 0 Å². The van der Waals surface area contributed by atoms with Crippen LogP contribution in [0.1, 0.15) is 60.8 Å². The van der Waals surface area contributed by atoms with Crippen LogP contribution in [0.15, 0.2) is 0 Å². The molecule has 0 aromatic heterocycles. The first kappa shape index (κ1) is 37.9. The predicted molar refractivity (Wildman–Crippen MR) is 74.5 cm³/mol. The molecule has 0 amide bonds. The van der Waals surface area contributed by atoms with Gasteiger partial charge in [-0.2, -0.15) is 34.1 Å². The van der Waals surface area contributed by atoms with Crippen LogP contribution in [-0.4, -0.2) is 6.29 Å². The summed E-state index contributed by atoms with van der Waals surface area (Å²) < 4.78 is 0. The average Bonchev–Trinajstić information content (AvgIpc) is 2.19. The summed E-state index contributed by atoms with van der Waals surface area (Å²) in [5.74, 6) is 0.718. The molecule has 0 saturated carbocycles. The fraction of sp³-hybridized carbons (Fsp3) is 0.733. The Labute approximate surface area is 198 Å². The van der Waals surface area contributed by atoms with Crippen molar-refractivity contribution in [2.45, 2.75) is 60.8 Å². The van der Waals surface area contributed by atoms with Gasteiger partial charge in [-0.1, -0.05) is 20.3 Å². The summed E-state index contributed by atoms with van der Waals surface area (Å²) in [4.78, 5) is 10.3. The minimum absolute atomic E-state index is 0. The van der Waals surface area contributed by atoms with Crippen molar-refractivity contribution in [2.24, 2.45) is 11.8 Å². The first-order chi connectivity index (χ1) is 7.53. The Hall–Kier alpha value is 2.98. The van der Waals surface area contributed by atoms with E-state index in [-0.39, 0.29) is 104 Å². The maximum Gasteiger partial charge on any atom is 0 e. The van der Waals surface area contributed by atoms with Crippen LogP contribution in [0.3, 0.4) is 0 Å². The molecule has 0 aliphatic rings. The zero-order valence-electron chi connectivity index (χ0n) is 13.8. The molecule has 3 radical (unpaired) electrons. The molecule has 0 saturated heterocycles. The van der Waals surface area contributed by atoms with Gasteiger partial charge in [-0.15, -0.1) is 12.3 Å². The average molecular weight is 493 g/mol. The number of carbonyl (C=O) groups excluding carboxylic acids is 1. The summed E-state index contributed by atoms with van der Waals surface area (Å²) in [6.07, 6.45) is 8.73. The van der Waals surface area contributed by atoms with E-state index in [4.69, 9.17) is 0 Å². The second-order valence-electron chi connectivity index (χ2n) is 4.24. The first-order valence-corrected chi connectivity index (χ1v) is 6.18. The van der Waals surface area contributed by atoms with Crippen molar-refractivity contribution in [3.05, 3.63) is 19.8 Å². The van der Waals surface area contributed by atoms with Gasteiger partial charge in [0.15, 0.2) is 0 Å². The Kier molecular flexibility index (Phi) is 74.4. The van der Waals surface area contributed by atoms with Gasteiger partial charge >= 0.3 is 0 Å². The zero-order chi connectivity index (χ0) is 13.4. The van der Waals surface area contributed by atoms with Crippen molar-refractivity contribution in [3.63, 3.8) is 0 Å². The minimum Gasteiger partial charge on any atom is -0.542 e. The van der Waals surface area contributed by atoms with E-state index < -0.39 is 0 Å². The van der Waals surface area contributed by atoms with Gasteiger partial charge in [0.2, 0.25) is 0 Å². The molecule has 1 atom stereocenters. The standard InChI is InChI=1S/C9H16O.2C3H7.3Y/c1-4-5-9(7-10)6-8(2)3;2*1-3-2;;;/h8-9H,1,4-6H2,2-3H3;2*3H,1-2H3;;;/q-2;2*-1;;;. The van der Waals surface area contributed by atoms with Gasteiger partial charge in [-0.05, 0) is 5.92 Å². The molecule has 0 fully saturated rings. The molecule has 109 valence electrons. The number of hydrogen-bond acceptors (Lipinski definition) is 1. The molecule has 0 aromatic rings. The second-order valence-corrected chi connectivity index (χ2v) is 4.24. The Morgan fingerprint density at radius 1 is 1.00 bits per heavy atom. The summed E-state index contributed by atoms with van der Waals surface area (Å²) in [5.41, 5.74) is 0. The third kappa shape index (κ3) is 52.7. The van der Waals surface area contributed by atoms with E-state index in [0.717, 1.165) is 19.3 Å². The van der Waals surface area contributed by atoms with Gasteiger partial charge in [0.05, 0.1) is 0 Å². The molecule has 1 nitrogen and oxygen atoms in total. The van der Waals surface area contributed by atoms with E-state index in [2.05, 4.69) is 20.8 Å². The first-order valence-electron chi connectivity index (χ1n) is 6.18. The van der Waals surface area contributed by atoms with Crippen LogP contribution in [0.2, 0.25) is 0 Å². The Morgan fingerprint density at radius 3 is 1.47 bits per heavy atom. The van der Waals surface area contributed by atoms with Crippen LogP contribution in [0.25, 0.3) is 0 Å². The molecule has 19 heavy (non-hydrogen) atoms. The smallest absolute Gasteiger partial charge is 0 e. The molecular weight excluding hydrogens is 463 g/mol. The van der Waals surface area contributed by atoms with E-state index in [1.165, 1.54) is 0 Å². The molecular formula is C15H30OY3-4. The molecule has 1 unspecified atom stereocenters. The van der Waals surface area contributed by atoms with Crippen molar-refractivity contribution >= 4 is 6.29 Å². The van der Waals surface area contributed by atoms with Gasteiger partial charge in [0.25, 0.3) is 0 Å². The zero-order valence-corrected chi connectivity index (χ0v) is 22.3. The molecule has 0 heterocycles. The molecule has 0 rings (SSSR count). The summed E-state index contributed by atoms with van der Waals surface area (Å²) >= 11 is 0. The predicted octanol–water partition coefficient (Wildman–Crippen LogP) is 4.83. The van der Waals surface area contributed by atoms with Gasteiger partial charge in [-0.3, -0.25) is 6.29 Å². The molecule has 0 aliphatic carbocycles. The van der Waals surface area contributed by atoms with Crippen molar-refractivity contribution in [3.8, 4) is 0 Å². The third-order valence-corrected chi connectivity index (χ3v) is 1.48. The van der Waals surface area contributed by atoms with E-state index in [1.54, 1.807) is 0 Å². The van der Waals surface area contributed by atoms with Crippen molar-refractivity contribution in [1.29, 1.82) is 0 Å². The van der Waals surface area contributed by atoms with Crippen LogP contribution in [0.5, 0.6) is 0 Å². The fourth-order valence-corrected chi connectivity index (χ4v) is 1.04. The van der Waals surface area contributed by atoms with Crippen molar-refractivity contribution < 1.29 is 103 Å². The SMILES string of the molecule is C[CH-]C.C[CH-]C.[CH2-]CCC([C-]=O)CC(C)C.[Y].[Y].[Y]. The van der Waals surface area contributed by atoms with Crippen molar-refractivity contribution in [1.82, 2.24) is 0 Å². The maximum absolute atomic E-state index is 10.3. The van der Waals surface area contributed by atoms with Crippen LogP contribution >= 0.6 is 0 Å². The Morgan fingerprint density at radius 2 is 1.32 bits per heavy atom. The Balaban J connectivity index is -0.0000000406. The van der Waals surface area contributed by atoms with Gasteiger partial charge in [0.1, 0.15) is 0 Å². The van der Waals surface area contributed by atoms with Crippen LogP contribution < -0.4 is 0 Å². The van der Waals surface area contributed by atoms with Gasteiger partial charge in [0, 0.05) is 98.1 Å². The molecule has 0 aliphatic heterocycles. The summed E-state index contributed by atoms with van der Waals surface area (Å²) in [5, 5.41) is 0. The van der Waals surface area contributed by atoms with E-state index in [0.29, 0.717) is 5.92 Å². The quantitative estimate of drug-likeness (QED) is 0.502.